The van der Waals surface area contributed by atoms with E-state index in [4.69, 9.17) is 9.47 Å². The maximum atomic E-state index is 12.1. The molecular formula is C21H19N3O4S. The van der Waals surface area contributed by atoms with Crippen molar-refractivity contribution < 1.29 is 19.1 Å². The third-order valence-electron chi connectivity index (χ3n) is 3.74. The number of benzene rings is 2. The van der Waals surface area contributed by atoms with Gasteiger partial charge in [-0.25, -0.2) is 10.2 Å². The van der Waals surface area contributed by atoms with Crippen LogP contribution in [0.15, 0.2) is 71.1 Å². The molecule has 148 valence electrons. The average Bonchev–Trinajstić information content (AvgIpc) is 3.29. The lowest BCUT2D eigenvalue weighted by Gasteiger charge is -2.09. The summed E-state index contributed by atoms with van der Waals surface area (Å²) in [5, 5.41) is 8.73. The van der Waals surface area contributed by atoms with Gasteiger partial charge >= 0.3 is 5.97 Å². The number of ether oxygens (including phenoxy) is 2. The smallest absolute Gasteiger partial charge is 0.353 e. The number of hydrogen-bond donors (Lipinski definition) is 2. The second-order valence-electron chi connectivity index (χ2n) is 5.79. The average molecular weight is 409 g/mol. The van der Waals surface area contributed by atoms with Gasteiger partial charge in [0.1, 0.15) is 4.88 Å². The summed E-state index contributed by atoms with van der Waals surface area (Å²) in [6.45, 7) is 0.0995. The van der Waals surface area contributed by atoms with Crippen LogP contribution in [0.2, 0.25) is 0 Å². The Kier molecular flexibility index (Phi) is 6.96. The predicted molar refractivity (Wildman–Crippen MR) is 113 cm³/mol. The number of thiophene rings is 1. The molecule has 0 fully saturated rings. The molecule has 1 heterocycles. The first kappa shape index (κ1) is 20.1. The molecule has 0 saturated heterocycles. The van der Waals surface area contributed by atoms with E-state index >= 15 is 0 Å². The van der Waals surface area contributed by atoms with E-state index in [1.807, 2.05) is 30.3 Å². The minimum Gasteiger partial charge on any atom is -0.493 e. The highest BCUT2D eigenvalue weighted by Crippen LogP contribution is 2.28. The fraction of sp³-hybridized carbons (Fsp3) is 0.0952. The number of anilines is 1. The zero-order valence-corrected chi connectivity index (χ0v) is 16.4. The van der Waals surface area contributed by atoms with Gasteiger partial charge in [0.2, 0.25) is 0 Å². The molecule has 7 nitrogen and oxygen atoms in total. The molecule has 0 aliphatic heterocycles. The van der Waals surface area contributed by atoms with E-state index in [-0.39, 0.29) is 12.5 Å². The molecular weight excluding hydrogens is 390 g/mol. The molecule has 1 amide bonds. The van der Waals surface area contributed by atoms with Crippen LogP contribution in [0.1, 0.15) is 15.2 Å². The molecule has 0 saturated carbocycles. The van der Waals surface area contributed by atoms with E-state index in [2.05, 4.69) is 15.8 Å². The van der Waals surface area contributed by atoms with E-state index in [1.54, 1.807) is 35.7 Å². The van der Waals surface area contributed by atoms with E-state index in [0.717, 1.165) is 5.69 Å². The third kappa shape index (κ3) is 5.91. The molecule has 1 aromatic heterocycles. The highest BCUT2D eigenvalue weighted by atomic mass is 32.1. The summed E-state index contributed by atoms with van der Waals surface area (Å²) in [6.07, 6.45) is 1.48. The van der Waals surface area contributed by atoms with E-state index in [1.165, 1.54) is 24.7 Å². The molecule has 0 spiro atoms. The summed E-state index contributed by atoms with van der Waals surface area (Å²) < 4.78 is 10.7. The summed E-state index contributed by atoms with van der Waals surface area (Å²) in [7, 11) is 1.48. The molecule has 0 radical (unpaired) electrons. The van der Waals surface area contributed by atoms with Crippen LogP contribution in [0, 0.1) is 0 Å². The fourth-order valence-corrected chi connectivity index (χ4v) is 2.95. The monoisotopic (exact) mass is 409 g/mol. The van der Waals surface area contributed by atoms with Gasteiger partial charge in [0.25, 0.3) is 5.91 Å². The van der Waals surface area contributed by atoms with Crippen LogP contribution in [0.4, 0.5) is 5.69 Å². The molecule has 3 rings (SSSR count). The number of amides is 1. The first-order valence-electron chi connectivity index (χ1n) is 8.70. The number of para-hydroxylation sites is 1. The molecule has 29 heavy (non-hydrogen) atoms. The van der Waals surface area contributed by atoms with Gasteiger partial charge < -0.3 is 14.8 Å². The van der Waals surface area contributed by atoms with Crippen LogP contribution in [0.5, 0.6) is 11.5 Å². The second-order valence-corrected chi connectivity index (χ2v) is 6.74. The molecule has 0 aliphatic carbocycles. The van der Waals surface area contributed by atoms with Crippen LogP contribution in [0.25, 0.3) is 0 Å². The highest BCUT2D eigenvalue weighted by molar-refractivity contribution is 7.12. The molecule has 3 aromatic rings. The van der Waals surface area contributed by atoms with Crippen molar-refractivity contribution in [3.05, 3.63) is 76.5 Å². The first-order valence-corrected chi connectivity index (χ1v) is 9.58. The molecule has 0 aliphatic rings. The lowest BCUT2D eigenvalue weighted by molar-refractivity contribution is -0.119. The number of carbonyl (C=O) groups is 2. The lowest BCUT2D eigenvalue weighted by Crippen LogP contribution is -2.25. The van der Waals surface area contributed by atoms with Crippen molar-refractivity contribution in [3.8, 4) is 11.5 Å². The standard InChI is InChI=1S/C21H19N3O4S/c1-27-18-12-15(9-10-17(18)28-21(26)19-8-5-11-29-19)13-23-24-20(25)14-22-16-6-3-2-4-7-16/h2-13,22H,14H2,1H3,(H,24,25)/b23-13+. The zero-order valence-electron chi connectivity index (χ0n) is 15.6. The quantitative estimate of drug-likeness (QED) is 0.257. The van der Waals surface area contributed by atoms with Crippen LogP contribution >= 0.6 is 11.3 Å². The number of carbonyl (C=O) groups excluding carboxylic acids is 2. The maximum Gasteiger partial charge on any atom is 0.353 e. The summed E-state index contributed by atoms with van der Waals surface area (Å²) in [4.78, 5) is 24.4. The number of hydrogen-bond acceptors (Lipinski definition) is 7. The van der Waals surface area contributed by atoms with Gasteiger partial charge in [0.15, 0.2) is 11.5 Å². The molecule has 0 unspecified atom stereocenters. The minimum atomic E-state index is -0.446. The number of methoxy groups -OCH3 is 1. The Labute approximate surface area is 172 Å². The van der Waals surface area contributed by atoms with Gasteiger partial charge in [-0.05, 0) is 47.3 Å². The Balaban J connectivity index is 1.55. The fourth-order valence-electron chi connectivity index (χ4n) is 2.35. The Morgan fingerprint density at radius 1 is 1.07 bits per heavy atom. The Bertz CT molecular complexity index is 988. The van der Waals surface area contributed by atoms with Crippen molar-refractivity contribution in [1.29, 1.82) is 0 Å². The Hall–Kier alpha value is -3.65. The third-order valence-corrected chi connectivity index (χ3v) is 4.59. The van der Waals surface area contributed by atoms with Gasteiger partial charge in [0.05, 0.1) is 19.9 Å². The van der Waals surface area contributed by atoms with Crippen molar-refractivity contribution in [2.45, 2.75) is 0 Å². The van der Waals surface area contributed by atoms with Gasteiger partial charge in [-0.2, -0.15) is 5.10 Å². The SMILES string of the molecule is COc1cc(/C=N/NC(=O)CNc2ccccc2)ccc1OC(=O)c1cccs1. The summed E-state index contributed by atoms with van der Waals surface area (Å²) >= 11 is 1.30. The van der Waals surface area contributed by atoms with Crippen LogP contribution < -0.4 is 20.2 Å². The first-order chi connectivity index (χ1) is 14.2. The Morgan fingerprint density at radius 3 is 2.62 bits per heavy atom. The van der Waals surface area contributed by atoms with Crippen LogP contribution in [-0.2, 0) is 4.79 Å². The number of nitrogens with zero attached hydrogens (tertiary/aromatic N) is 1. The van der Waals surface area contributed by atoms with Crippen molar-refractivity contribution in [1.82, 2.24) is 5.43 Å². The maximum absolute atomic E-state index is 12.1. The summed E-state index contributed by atoms with van der Waals surface area (Å²) in [5.41, 5.74) is 3.97. The van der Waals surface area contributed by atoms with Gasteiger partial charge in [-0.1, -0.05) is 24.3 Å². The number of hydrazone groups is 1. The molecule has 8 heteroatoms. The largest absolute Gasteiger partial charge is 0.493 e. The van der Waals surface area contributed by atoms with Gasteiger partial charge in [0, 0.05) is 5.69 Å². The van der Waals surface area contributed by atoms with E-state index in [0.29, 0.717) is 21.9 Å². The van der Waals surface area contributed by atoms with E-state index in [9.17, 15) is 9.59 Å². The molecule has 0 atom stereocenters. The van der Waals surface area contributed by atoms with Crippen molar-refractivity contribution >= 4 is 35.1 Å². The van der Waals surface area contributed by atoms with Crippen molar-refractivity contribution in [3.63, 3.8) is 0 Å². The zero-order chi connectivity index (χ0) is 20.5. The second kappa shape index (κ2) is 10.0. The van der Waals surface area contributed by atoms with E-state index < -0.39 is 5.97 Å². The van der Waals surface area contributed by atoms with Crippen molar-refractivity contribution in [2.75, 3.05) is 19.0 Å². The van der Waals surface area contributed by atoms with Gasteiger partial charge in [-0.15, -0.1) is 11.3 Å². The summed E-state index contributed by atoms with van der Waals surface area (Å²) in [6, 6.07) is 17.9. The topological polar surface area (TPSA) is 89.0 Å². The number of nitrogens with one attached hydrogen (secondary N) is 2. The number of rotatable bonds is 8. The molecule has 2 N–H and O–H groups in total. The normalized spacial score (nSPS) is 10.5. The van der Waals surface area contributed by atoms with Crippen LogP contribution in [0.3, 0.4) is 0 Å². The number of esters is 1. The Morgan fingerprint density at radius 2 is 1.90 bits per heavy atom. The van der Waals surface area contributed by atoms with Crippen molar-refractivity contribution in [2.24, 2.45) is 5.10 Å². The van der Waals surface area contributed by atoms with Crippen LogP contribution in [-0.4, -0.2) is 31.7 Å². The predicted octanol–water partition coefficient (Wildman–Crippen LogP) is 3.54. The molecule has 0 bridgehead atoms. The van der Waals surface area contributed by atoms with Gasteiger partial charge in [-0.3, -0.25) is 4.79 Å². The minimum absolute atomic E-state index is 0.0995. The molecule has 2 aromatic carbocycles. The summed E-state index contributed by atoms with van der Waals surface area (Å²) in [5.74, 6) is -0.0356. The lowest BCUT2D eigenvalue weighted by atomic mass is 10.2. The highest BCUT2D eigenvalue weighted by Gasteiger charge is 2.13.